The minimum Gasteiger partial charge on any atom is -0.206 e. The molecule has 0 saturated carbocycles. The van der Waals surface area contributed by atoms with Crippen molar-refractivity contribution in [1.82, 2.24) is 0 Å². The Kier molecular flexibility index (Phi) is 3.47. The topological polar surface area (TPSA) is 0 Å². The van der Waals surface area contributed by atoms with Gasteiger partial charge in [-0.1, -0.05) is 39.0 Å². The molecule has 0 radical (unpaired) electrons. The first-order valence-electron chi connectivity index (χ1n) is 4.91. The molecule has 1 aromatic carbocycles. The van der Waals surface area contributed by atoms with E-state index in [-0.39, 0.29) is 5.82 Å². The van der Waals surface area contributed by atoms with Gasteiger partial charge in [0, 0.05) is 0 Å². The van der Waals surface area contributed by atoms with Gasteiger partial charge in [-0.25, -0.2) is 4.39 Å². The van der Waals surface area contributed by atoms with Gasteiger partial charge in [-0.05, 0) is 29.9 Å². The zero-order valence-electron chi connectivity index (χ0n) is 8.60. The number of hydrogen-bond donors (Lipinski definition) is 0. The predicted octanol–water partition coefficient (Wildman–Crippen LogP) is 3.59. The first-order valence-corrected chi connectivity index (χ1v) is 4.91. The molecule has 0 spiro atoms. The molecule has 0 unspecified atom stereocenters. The first kappa shape index (κ1) is 10.2. The van der Waals surface area contributed by atoms with E-state index in [0.717, 1.165) is 24.0 Å². The molecule has 0 saturated heterocycles. The molecule has 1 aromatic rings. The van der Waals surface area contributed by atoms with E-state index in [9.17, 15) is 4.39 Å². The van der Waals surface area contributed by atoms with Crippen molar-refractivity contribution in [3.63, 3.8) is 0 Å². The zero-order valence-corrected chi connectivity index (χ0v) is 8.60. The highest BCUT2D eigenvalue weighted by Crippen LogP contribution is 2.16. The van der Waals surface area contributed by atoms with Gasteiger partial charge in [0.1, 0.15) is 5.82 Å². The predicted molar refractivity (Wildman–Crippen MR) is 54.3 cm³/mol. The quantitative estimate of drug-likeness (QED) is 0.667. The summed E-state index contributed by atoms with van der Waals surface area (Å²) in [6, 6.07) is 5.69. The van der Waals surface area contributed by atoms with Gasteiger partial charge in [-0.15, -0.1) is 0 Å². The van der Waals surface area contributed by atoms with Crippen LogP contribution < -0.4 is 0 Å². The van der Waals surface area contributed by atoms with Gasteiger partial charge in [0.25, 0.3) is 0 Å². The maximum absolute atomic E-state index is 13.6. The molecule has 0 aliphatic heterocycles. The summed E-state index contributed by atoms with van der Waals surface area (Å²) in [5, 5.41) is 0. The Hall–Kier alpha value is -0.850. The zero-order chi connectivity index (χ0) is 9.84. The third-order valence-corrected chi connectivity index (χ3v) is 2.17. The normalized spacial score (nSPS) is 10.8. The van der Waals surface area contributed by atoms with Gasteiger partial charge in [-0.3, -0.25) is 0 Å². The fourth-order valence-corrected chi connectivity index (χ4v) is 1.50. The Labute approximate surface area is 79.8 Å². The number of halogens is 1. The highest BCUT2D eigenvalue weighted by atomic mass is 19.1. The van der Waals surface area contributed by atoms with E-state index < -0.39 is 0 Å². The Morgan fingerprint density at radius 3 is 2.38 bits per heavy atom. The monoisotopic (exact) mass is 180 g/mol. The van der Waals surface area contributed by atoms with Crippen LogP contribution in [0.2, 0.25) is 0 Å². The first-order chi connectivity index (χ1) is 6.15. The maximum Gasteiger partial charge on any atom is 0.129 e. The van der Waals surface area contributed by atoms with E-state index in [1.807, 2.05) is 25.1 Å². The van der Waals surface area contributed by atoms with E-state index in [1.165, 1.54) is 0 Å². The van der Waals surface area contributed by atoms with Gasteiger partial charge in [-0.2, -0.15) is 0 Å². The van der Waals surface area contributed by atoms with Crippen LogP contribution >= 0.6 is 0 Å². The average molecular weight is 180 g/mol. The van der Waals surface area contributed by atoms with Crippen LogP contribution in [0, 0.1) is 11.7 Å². The van der Waals surface area contributed by atoms with Gasteiger partial charge < -0.3 is 0 Å². The Morgan fingerprint density at radius 1 is 1.23 bits per heavy atom. The number of aryl methyl sites for hydroxylation is 1. The van der Waals surface area contributed by atoms with Crippen molar-refractivity contribution in [1.29, 1.82) is 0 Å². The molecule has 0 atom stereocenters. The van der Waals surface area contributed by atoms with E-state index >= 15 is 0 Å². The smallest absolute Gasteiger partial charge is 0.129 e. The van der Waals surface area contributed by atoms with Crippen LogP contribution in [-0.2, 0) is 12.8 Å². The average Bonchev–Trinajstić information content (AvgIpc) is 2.08. The van der Waals surface area contributed by atoms with Crippen LogP contribution in [0.15, 0.2) is 18.2 Å². The standard InChI is InChI=1S/C12H17F/c1-4-10-6-5-7-11(12(10)13)8-9(2)3/h5-7,9H,4,8H2,1-3H3. The molecule has 1 heteroatoms. The minimum absolute atomic E-state index is 0.00120. The lowest BCUT2D eigenvalue weighted by molar-refractivity contribution is 0.564. The van der Waals surface area contributed by atoms with E-state index in [0.29, 0.717) is 5.92 Å². The van der Waals surface area contributed by atoms with Crippen molar-refractivity contribution < 1.29 is 4.39 Å². The molecule has 0 amide bonds. The molecule has 0 N–H and O–H groups in total. The SMILES string of the molecule is CCc1cccc(CC(C)C)c1F. The molecule has 0 aliphatic carbocycles. The Bertz CT molecular complexity index is 276. The summed E-state index contributed by atoms with van der Waals surface area (Å²) in [6.45, 7) is 6.20. The third-order valence-electron chi connectivity index (χ3n) is 2.17. The second-order valence-corrected chi connectivity index (χ2v) is 3.84. The minimum atomic E-state index is -0.00120. The summed E-state index contributed by atoms with van der Waals surface area (Å²) >= 11 is 0. The van der Waals surface area contributed by atoms with Crippen molar-refractivity contribution >= 4 is 0 Å². The van der Waals surface area contributed by atoms with Crippen molar-refractivity contribution in [2.24, 2.45) is 5.92 Å². The highest BCUT2D eigenvalue weighted by Gasteiger charge is 2.07. The molecule has 0 heterocycles. The molecule has 72 valence electrons. The molecular formula is C12H17F. The van der Waals surface area contributed by atoms with Gasteiger partial charge in [0.05, 0.1) is 0 Å². The van der Waals surface area contributed by atoms with E-state index in [1.54, 1.807) is 0 Å². The molecule has 13 heavy (non-hydrogen) atoms. The maximum atomic E-state index is 13.6. The molecule has 0 nitrogen and oxygen atoms in total. The molecule has 0 aromatic heterocycles. The van der Waals surface area contributed by atoms with Gasteiger partial charge >= 0.3 is 0 Å². The summed E-state index contributed by atoms with van der Waals surface area (Å²) in [4.78, 5) is 0. The van der Waals surface area contributed by atoms with Crippen LogP contribution in [0.25, 0.3) is 0 Å². The lowest BCUT2D eigenvalue weighted by atomic mass is 9.99. The molecule has 0 fully saturated rings. The van der Waals surface area contributed by atoms with Crippen molar-refractivity contribution in [3.05, 3.63) is 35.1 Å². The number of rotatable bonds is 3. The summed E-state index contributed by atoms with van der Waals surface area (Å²) < 4.78 is 13.6. The third kappa shape index (κ3) is 2.55. The Balaban J connectivity index is 2.94. The second kappa shape index (κ2) is 4.40. The number of benzene rings is 1. The van der Waals surface area contributed by atoms with Crippen molar-refractivity contribution in [2.45, 2.75) is 33.6 Å². The molecule has 0 bridgehead atoms. The second-order valence-electron chi connectivity index (χ2n) is 3.84. The number of hydrogen-bond acceptors (Lipinski definition) is 0. The molecule has 0 aliphatic rings. The molecule has 1 rings (SSSR count). The van der Waals surface area contributed by atoms with Crippen molar-refractivity contribution in [3.8, 4) is 0 Å². The summed E-state index contributed by atoms with van der Waals surface area (Å²) in [6.07, 6.45) is 1.61. The molecular weight excluding hydrogens is 163 g/mol. The highest BCUT2D eigenvalue weighted by molar-refractivity contribution is 5.26. The van der Waals surface area contributed by atoms with Crippen LogP contribution in [-0.4, -0.2) is 0 Å². The van der Waals surface area contributed by atoms with Crippen molar-refractivity contribution in [2.75, 3.05) is 0 Å². The summed E-state index contributed by atoms with van der Waals surface area (Å²) in [5.41, 5.74) is 1.69. The summed E-state index contributed by atoms with van der Waals surface area (Å²) in [7, 11) is 0. The van der Waals surface area contributed by atoms with Crippen LogP contribution in [0.3, 0.4) is 0 Å². The fraction of sp³-hybridized carbons (Fsp3) is 0.500. The lowest BCUT2D eigenvalue weighted by Crippen LogP contribution is -2.00. The van der Waals surface area contributed by atoms with Crippen LogP contribution in [0.4, 0.5) is 4.39 Å². The van der Waals surface area contributed by atoms with Gasteiger partial charge in [0.2, 0.25) is 0 Å². The Morgan fingerprint density at radius 2 is 1.85 bits per heavy atom. The van der Waals surface area contributed by atoms with Crippen LogP contribution in [0.5, 0.6) is 0 Å². The van der Waals surface area contributed by atoms with E-state index in [4.69, 9.17) is 0 Å². The fourth-order valence-electron chi connectivity index (χ4n) is 1.50. The summed E-state index contributed by atoms with van der Waals surface area (Å²) in [5.74, 6) is 0.514. The lowest BCUT2D eigenvalue weighted by Gasteiger charge is -2.08. The van der Waals surface area contributed by atoms with Gasteiger partial charge in [0.15, 0.2) is 0 Å². The van der Waals surface area contributed by atoms with Crippen LogP contribution in [0.1, 0.15) is 31.9 Å². The van der Waals surface area contributed by atoms with E-state index in [2.05, 4.69) is 13.8 Å². The largest absolute Gasteiger partial charge is 0.206 e.